The maximum absolute atomic E-state index is 12.7. The third-order valence-electron chi connectivity index (χ3n) is 4.55. The van der Waals surface area contributed by atoms with Crippen LogP contribution in [0.1, 0.15) is 31.5 Å². The Kier molecular flexibility index (Phi) is 4.85. The van der Waals surface area contributed by atoms with Gasteiger partial charge >= 0.3 is 0 Å². The maximum atomic E-state index is 12.7. The molecule has 7 heteroatoms. The summed E-state index contributed by atoms with van der Waals surface area (Å²) in [6.45, 7) is 1.84. The number of carbonyl (C=O) groups is 1. The Labute approximate surface area is 162 Å². The highest BCUT2D eigenvalue weighted by molar-refractivity contribution is 8.00. The average molecular weight is 379 g/mol. The van der Waals surface area contributed by atoms with E-state index in [1.165, 1.54) is 16.4 Å². The second kappa shape index (κ2) is 7.44. The van der Waals surface area contributed by atoms with E-state index in [0.29, 0.717) is 11.1 Å². The molecule has 27 heavy (non-hydrogen) atoms. The van der Waals surface area contributed by atoms with Crippen molar-refractivity contribution in [2.45, 2.75) is 36.1 Å². The summed E-state index contributed by atoms with van der Waals surface area (Å²) in [4.78, 5) is 12.7. The summed E-state index contributed by atoms with van der Waals surface area (Å²) in [6, 6.07) is 17.8. The monoisotopic (exact) mass is 379 g/mol. The number of hydrogen-bond acceptors (Lipinski definition) is 5. The minimum Gasteiger partial charge on any atom is -0.336 e. The number of hydrogen-bond donors (Lipinski definition) is 2. The number of rotatable bonds is 6. The summed E-state index contributed by atoms with van der Waals surface area (Å²) < 4.78 is 1.52. The van der Waals surface area contributed by atoms with E-state index in [1.54, 1.807) is 0 Å². The summed E-state index contributed by atoms with van der Waals surface area (Å²) in [5.74, 6) is 7.21. The van der Waals surface area contributed by atoms with Crippen LogP contribution in [-0.2, 0) is 4.79 Å². The van der Waals surface area contributed by atoms with E-state index in [2.05, 4.69) is 15.5 Å². The molecule has 0 unspecified atom stereocenters. The molecule has 0 spiro atoms. The SMILES string of the molecule is C[C@@H](Sc1nnc(C2CC2)n1N)C(=O)Nc1ccccc1-c1ccccc1. The van der Waals surface area contributed by atoms with Gasteiger partial charge in [0, 0.05) is 17.2 Å². The number of anilines is 1. The molecular weight excluding hydrogens is 358 g/mol. The molecule has 0 radical (unpaired) electrons. The van der Waals surface area contributed by atoms with Crippen LogP contribution in [0.25, 0.3) is 11.1 Å². The molecule has 1 fully saturated rings. The van der Waals surface area contributed by atoms with Crippen molar-refractivity contribution in [1.82, 2.24) is 14.9 Å². The van der Waals surface area contributed by atoms with Crippen LogP contribution in [0.3, 0.4) is 0 Å². The minimum absolute atomic E-state index is 0.0978. The zero-order valence-electron chi connectivity index (χ0n) is 15.0. The molecular formula is C20H21N5OS. The molecule has 0 saturated heterocycles. The first-order valence-electron chi connectivity index (χ1n) is 8.96. The fourth-order valence-corrected chi connectivity index (χ4v) is 3.67. The number of thioether (sulfide) groups is 1. The van der Waals surface area contributed by atoms with Gasteiger partial charge in [0.25, 0.3) is 0 Å². The minimum atomic E-state index is -0.354. The van der Waals surface area contributed by atoms with Gasteiger partial charge in [-0.1, -0.05) is 60.3 Å². The number of nitrogens with one attached hydrogen (secondary N) is 1. The van der Waals surface area contributed by atoms with E-state index in [1.807, 2.05) is 61.5 Å². The lowest BCUT2D eigenvalue weighted by Gasteiger charge is -2.14. The van der Waals surface area contributed by atoms with Crippen LogP contribution < -0.4 is 11.2 Å². The Morgan fingerprint density at radius 3 is 2.59 bits per heavy atom. The van der Waals surface area contributed by atoms with Gasteiger partial charge in [-0.2, -0.15) is 0 Å². The van der Waals surface area contributed by atoms with Gasteiger partial charge in [0.15, 0.2) is 5.82 Å². The van der Waals surface area contributed by atoms with Crippen LogP contribution in [-0.4, -0.2) is 26.0 Å². The highest BCUT2D eigenvalue weighted by Crippen LogP contribution is 2.39. The second-order valence-electron chi connectivity index (χ2n) is 6.65. The molecule has 1 aliphatic carbocycles. The molecule has 1 heterocycles. The number of amides is 1. The van der Waals surface area contributed by atoms with Crippen LogP contribution in [0.15, 0.2) is 59.8 Å². The predicted molar refractivity (Wildman–Crippen MR) is 108 cm³/mol. The molecule has 1 aliphatic rings. The summed E-state index contributed by atoms with van der Waals surface area (Å²) in [5, 5.41) is 11.5. The van der Waals surface area contributed by atoms with Crippen LogP contribution in [0.2, 0.25) is 0 Å². The van der Waals surface area contributed by atoms with Gasteiger partial charge in [-0.05, 0) is 31.4 Å². The number of nitrogen functional groups attached to an aromatic ring is 1. The maximum Gasteiger partial charge on any atom is 0.237 e. The van der Waals surface area contributed by atoms with Gasteiger partial charge in [-0.25, -0.2) is 4.68 Å². The zero-order valence-corrected chi connectivity index (χ0v) is 15.8. The Balaban J connectivity index is 1.48. The summed E-state index contributed by atoms with van der Waals surface area (Å²) in [7, 11) is 0. The normalized spacial score (nSPS) is 14.7. The van der Waals surface area contributed by atoms with Crippen LogP contribution >= 0.6 is 11.8 Å². The van der Waals surface area contributed by atoms with E-state index in [-0.39, 0.29) is 11.2 Å². The van der Waals surface area contributed by atoms with E-state index < -0.39 is 0 Å². The van der Waals surface area contributed by atoms with E-state index >= 15 is 0 Å². The predicted octanol–water partition coefficient (Wildman–Crippen LogP) is 3.66. The van der Waals surface area contributed by atoms with Crippen molar-refractivity contribution in [3.8, 4) is 11.1 Å². The molecule has 4 rings (SSSR count). The van der Waals surface area contributed by atoms with Crippen molar-refractivity contribution < 1.29 is 4.79 Å². The molecule has 0 bridgehead atoms. The lowest BCUT2D eigenvalue weighted by atomic mass is 10.0. The number of benzene rings is 2. The standard InChI is InChI=1S/C20H21N5OS/c1-13(27-20-24-23-18(25(20)21)15-11-12-15)19(26)22-17-10-6-5-9-16(17)14-7-3-2-4-8-14/h2-10,13,15H,11-12,21H2,1H3,(H,22,26)/t13-/m1/s1. The fraction of sp³-hybridized carbons (Fsp3) is 0.250. The number of carbonyl (C=O) groups excluding carboxylic acids is 1. The van der Waals surface area contributed by atoms with Crippen LogP contribution in [0, 0.1) is 0 Å². The quantitative estimate of drug-likeness (QED) is 0.504. The summed E-state index contributed by atoms with van der Waals surface area (Å²) >= 11 is 1.32. The van der Waals surface area contributed by atoms with E-state index in [0.717, 1.165) is 35.5 Å². The number of aromatic nitrogens is 3. The van der Waals surface area contributed by atoms with E-state index in [4.69, 9.17) is 5.84 Å². The summed E-state index contributed by atoms with van der Waals surface area (Å²) in [5.41, 5.74) is 2.83. The lowest BCUT2D eigenvalue weighted by Crippen LogP contribution is -2.24. The Bertz CT molecular complexity index is 952. The van der Waals surface area contributed by atoms with Crippen LogP contribution in [0.5, 0.6) is 0 Å². The first-order valence-corrected chi connectivity index (χ1v) is 9.84. The van der Waals surface area contributed by atoms with Crippen molar-refractivity contribution >= 4 is 23.4 Å². The summed E-state index contributed by atoms with van der Waals surface area (Å²) in [6.07, 6.45) is 2.21. The van der Waals surface area contributed by atoms with Crippen molar-refractivity contribution in [2.75, 3.05) is 11.2 Å². The first kappa shape index (κ1) is 17.6. The smallest absolute Gasteiger partial charge is 0.237 e. The highest BCUT2D eigenvalue weighted by Gasteiger charge is 2.30. The molecule has 6 nitrogen and oxygen atoms in total. The third kappa shape index (κ3) is 3.83. The Hall–Kier alpha value is -2.80. The largest absolute Gasteiger partial charge is 0.336 e. The topological polar surface area (TPSA) is 85.8 Å². The van der Waals surface area contributed by atoms with Crippen LogP contribution in [0.4, 0.5) is 5.69 Å². The number of para-hydroxylation sites is 1. The highest BCUT2D eigenvalue weighted by atomic mass is 32.2. The lowest BCUT2D eigenvalue weighted by molar-refractivity contribution is -0.115. The molecule has 3 aromatic rings. The van der Waals surface area contributed by atoms with Gasteiger partial charge in [-0.3, -0.25) is 4.79 Å². The van der Waals surface area contributed by atoms with Crippen molar-refractivity contribution in [1.29, 1.82) is 0 Å². The molecule has 138 valence electrons. The van der Waals surface area contributed by atoms with Gasteiger partial charge in [-0.15, -0.1) is 10.2 Å². The molecule has 1 amide bonds. The molecule has 1 saturated carbocycles. The van der Waals surface area contributed by atoms with Gasteiger partial charge in [0.1, 0.15) is 0 Å². The Morgan fingerprint density at radius 2 is 1.85 bits per heavy atom. The van der Waals surface area contributed by atoms with Crippen molar-refractivity contribution in [3.63, 3.8) is 0 Å². The number of nitrogens with zero attached hydrogens (tertiary/aromatic N) is 3. The molecule has 3 N–H and O–H groups in total. The average Bonchev–Trinajstić information content (AvgIpc) is 3.47. The molecule has 1 aromatic heterocycles. The van der Waals surface area contributed by atoms with Crippen molar-refractivity contribution in [3.05, 3.63) is 60.4 Å². The molecule has 0 aliphatic heterocycles. The fourth-order valence-electron chi connectivity index (χ4n) is 2.90. The third-order valence-corrected chi connectivity index (χ3v) is 5.61. The van der Waals surface area contributed by atoms with Gasteiger partial charge in [0.2, 0.25) is 11.1 Å². The zero-order chi connectivity index (χ0) is 18.8. The van der Waals surface area contributed by atoms with E-state index in [9.17, 15) is 4.79 Å². The number of nitrogens with two attached hydrogens (primary N) is 1. The molecule has 2 aromatic carbocycles. The van der Waals surface area contributed by atoms with Crippen molar-refractivity contribution in [2.24, 2.45) is 0 Å². The first-order chi connectivity index (χ1) is 13.1. The van der Waals surface area contributed by atoms with Gasteiger partial charge in [0.05, 0.1) is 5.25 Å². The Morgan fingerprint density at radius 1 is 1.15 bits per heavy atom. The van der Waals surface area contributed by atoms with Gasteiger partial charge < -0.3 is 11.2 Å². The second-order valence-corrected chi connectivity index (χ2v) is 7.95. The molecule has 1 atom stereocenters.